The maximum absolute atomic E-state index is 12.6. The highest BCUT2D eigenvalue weighted by atomic mass is 16.2. The van der Waals surface area contributed by atoms with Gasteiger partial charge in [0.25, 0.3) is 5.91 Å². The van der Waals surface area contributed by atoms with E-state index in [4.69, 9.17) is 0 Å². The fourth-order valence-corrected chi connectivity index (χ4v) is 3.34. The molecule has 5 heteroatoms. The number of rotatable bonds is 2. The van der Waals surface area contributed by atoms with Crippen LogP contribution in [0.15, 0.2) is 6.07 Å². The van der Waals surface area contributed by atoms with Gasteiger partial charge in [-0.15, -0.1) is 0 Å². The van der Waals surface area contributed by atoms with Crippen molar-refractivity contribution < 1.29 is 4.79 Å². The molecule has 0 radical (unpaired) electrons. The molecule has 1 amide bonds. The van der Waals surface area contributed by atoms with Gasteiger partial charge in [0.05, 0.1) is 0 Å². The summed E-state index contributed by atoms with van der Waals surface area (Å²) in [4.78, 5) is 14.6. The number of carbonyl (C=O) groups is 1. The second kappa shape index (κ2) is 5.33. The van der Waals surface area contributed by atoms with Crippen molar-refractivity contribution in [2.45, 2.75) is 51.1 Å². The number of amides is 1. The molecule has 19 heavy (non-hydrogen) atoms. The van der Waals surface area contributed by atoms with Crippen LogP contribution in [0, 0.1) is 6.92 Å². The van der Waals surface area contributed by atoms with E-state index in [0.717, 1.165) is 31.6 Å². The molecule has 5 nitrogen and oxygen atoms in total. The molecule has 2 unspecified atom stereocenters. The Hall–Kier alpha value is -1.36. The Bertz CT molecular complexity index is 450. The summed E-state index contributed by atoms with van der Waals surface area (Å²) >= 11 is 0. The normalized spacial score (nSPS) is 27.7. The number of carbonyl (C=O) groups excluding carboxylic acids is 1. The van der Waals surface area contributed by atoms with Gasteiger partial charge in [0, 0.05) is 24.3 Å². The molecule has 2 atom stereocenters. The highest BCUT2D eigenvalue weighted by molar-refractivity contribution is 5.92. The van der Waals surface area contributed by atoms with E-state index in [0.29, 0.717) is 17.8 Å². The van der Waals surface area contributed by atoms with Crippen molar-refractivity contribution in [2.24, 2.45) is 0 Å². The van der Waals surface area contributed by atoms with Gasteiger partial charge in [-0.1, -0.05) is 0 Å². The van der Waals surface area contributed by atoms with E-state index in [-0.39, 0.29) is 5.91 Å². The molecule has 2 aliphatic rings. The third-order valence-corrected chi connectivity index (χ3v) is 4.30. The van der Waals surface area contributed by atoms with Crippen molar-refractivity contribution >= 4 is 5.91 Å². The molecule has 3 rings (SSSR count). The molecule has 2 aliphatic heterocycles. The van der Waals surface area contributed by atoms with Crippen molar-refractivity contribution in [2.75, 3.05) is 13.1 Å². The molecule has 2 fully saturated rings. The number of nitrogens with one attached hydrogen (secondary N) is 2. The maximum atomic E-state index is 12.6. The van der Waals surface area contributed by atoms with E-state index in [9.17, 15) is 4.79 Å². The second-order valence-corrected chi connectivity index (χ2v) is 5.70. The predicted molar refractivity (Wildman–Crippen MR) is 73.0 cm³/mol. The van der Waals surface area contributed by atoms with Gasteiger partial charge in [-0.25, -0.2) is 0 Å². The first-order valence-electron chi connectivity index (χ1n) is 7.32. The van der Waals surface area contributed by atoms with E-state index in [1.165, 1.54) is 19.3 Å². The van der Waals surface area contributed by atoms with E-state index >= 15 is 0 Å². The number of nitrogens with zero attached hydrogens (tertiary/aromatic N) is 2. The fraction of sp³-hybridized carbons (Fsp3) is 0.714. The average Bonchev–Trinajstić information content (AvgIpc) is 3.09. The number of H-pyrrole nitrogens is 1. The Labute approximate surface area is 113 Å². The Balaban J connectivity index is 1.77. The van der Waals surface area contributed by atoms with Crippen LogP contribution in [0.3, 0.4) is 0 Å². The lowest BCUT2D eigenvalue weighted by atomic mass is 9.94. The van der Waals surface area contributed by atoms with Gasteiger partial charge in [-0.2, -0.15) is 5.10 Å². The molecule has 1 aromatic rings. The van der Waals surface area contributed by atoms with Crippen LogP contribution in [0.4, 0.5) is 0 Å². The Morgan fingerprint density at radius 1 is 1.37 bits per heavy atom. The smallest absolute Gasteiger partial charge is 0.274 e. The molecule has 0 aliphatic carbocycles. The van der Waals surface area contributed by atoms with Gasteiger partial charge in [-0.05, 0) is 51.6 Å². The molecule has 0 aromatic carbocycles. The Morgan fingerprint density at radius 3 is 2.95 bits per heavy atom. The molecular weight excluding hydrogens is 240 g/mol. The first-order valence-corrected chi connectivity index (χ1v) is 7.32. The summed E-state index contributed by atoms with van der Waals surface area (Å²) in [7, 11) is 0. The number of piperidine rings is 1. The molecule has 104 valence electrons. The summed E-state index contributed by atoms with van der Waals surface area (Å²) < 4.78 is 0. The highest BCUT2D eigenvalue weighted by Crippen LogP contribution is 2.25. The summed E-state index contributed by atoms with van der Waals surface area (Å²) in [6.07, 6.45) is 5.87. The van der Waals surface area contributed by atoms with Crippen LogP contribution in [0.2, 0.25) is 0 Å². The number of hydrogen-bond donors (Lipinski definition) is 2. The lowest BCUT2D eigenvalue weighted by Gasteiger charge is -2.39. The summed E-state index contributed by atoms with van der Waals surface area (Å²) in [6, 6.07) is 2.67. The summed E-state index contributed by atoms with van der Waals surface area (Å²) in [5.74, 6) is 0.0859. The summed E-state index contributed by atoms with van der Waals surface area (Å²) in [5.41, 5.74) is 1.50. The van der Waals surface area contributed by atoms with Gasteiger partial charge < -0.3 is 10.2 Å². The van der Waals surface area contributed by atoms with Crippen molar-refractivity contribution in [3.05, 3.63) is 17.5 Å². The minimum atomic E-state index is 0.0859. The SMILES string of the molecule is Cc1cc(C(=O)N2CCCCC2C2CCCN2)n[nH]1. The fourth-order valence-electron chi connectivity index (χ4n) is 3.34. The molecule has 0 spiro atoms. The third-order valence-electron chi connectivity index (χ3n) is 4.30. The molecule has 0 saturated carbocycles. The number of aryl methyl sites for hydroxylation is 1. The standard InChI is InChI=1S/C14H22N4O/c1-10-9-12(17-16-10)14(19)18-8-3-2-6-13(18)11-5-4-7-15-11/h9,11,13,15H,2-8H2,1H3,(H,16,17). The average molecular weight is 262 g/mol. The zero-order chi connectivity index (χ0) is 13.2. The predicted octanol–water partition coefficient (Wildman–Crippen LogP) is 1.46. The lowest BCUT2D eigenvalue weighted by molar-refractivity contribution is 0.0557. The van der Waals surface area contributed by atoms with Crippen LogP contribution in [-0.2, 0) is 0 Å². The van der Waals surface area contributed by atoms with E-state index < -0.39 is 0 Å². The van der Waals surface area contributed by atoms with Gasteiger partial charge in [-0.3, -0.25) is 9.89 Å². The van der Waals surface area contributed by atoms with E-state index in [1.54, 1.807) is 0 Å². The van der Waals surface area contributed by atoms with E-state index in [2.05, 4.69) is 15.5 Å². The van der Waals surface area contributed by atoms with Crippen LogP contribution in [0.25, 0.3) is 0 Å². The lowest BCUT2D eigenvalue weighted by Crippen LogP contribution is -2.52. The molecule has 2 saturated heterocycles. The molecule has 2 N–H and O–H groups in total. The van der Waals surface area contributed by atoms with Gasteiger partial charge in [0.2, 0.25) is 0 Å². The molecular formula is C14H22N4O. The topological polar surface area (TPSA) is 61.0 Å². The van der Waals surface area contributed by atoms with Crippen molar-refractivity contribution in [1.29, 1.82) is 0 Å². The Kier molecular flexibility index (Phi) is 3.55. The quantitative estimate of drug-likeness (QED) is 0.848. The van der Waals surface area contributed by atoms with Crippen LogP contribution in [0.1, 0.15) is 48.3 Å². The minimum Gasteiger partial charge on any atom is -0.333 e. The largest absolute Gasteiger partial charge is 0.333 e. The zero-order valence-electron chi connectivity index (χ0n) is 11.5. The van der Waals surface area contributed by atoms with Gasteiger partial charge >= 0.3 is 0 Å². The second-order valence-electron chi connectivity index (χ2n) is 5.70. The summed E-state index contributed by atoms with van der Waals surface area (Å²) in [5, 5.41) is 10.5. The highest BCUT2D eigenvalue weighted by Gasteiger charge is 2.35. The van der Waals surface area contributed by atoms with E-state index in [1.807, 2.05) is 17.9 Å². The first kappa shape index (κ1) is 12.7. The molecule has 3 heterocycles. The molecule has 1 aromatic heterocycles. The molecule has 0 bridgehead atoms. The van der Waals surface area contributed by atoms with Crippen LogP contribution < -0.4 is 5.32 Å². The number of aromatic nitrogens is 2. The van der Waals surface area contributed by atoms with Crippen LogP contribution >= 0.6 is 0 Å². The van der Waals surface area contributed by atoms with Gasteiger partial charge in [0.1, 0.15) is 5.69 Å². The zero-order valence-corrected chi connectivity index (χ0v) is 11.5. The van der Waals surface area contributed by atoms with Crippen LogP contribution in [-0.4, -0.2) is 46.2 Å². The third kappa shape index (κ3) is 2.52. The van der Waals surface area contributed by atoms with Crippen molar-refractivity contribution in [1.82, 2.24) is 20.4 Å². The summed E-state index contributed by atoms with van der Waals surface area (Å²) in [6.45, 7) is 3.88. The van der Waals surface area contributed by atoms with Crippen LogP contribution in [0.5, 0.6) is 0 Å². The van der Waals surface area contributed by atoms with Crippen molar-refractivity contribution in [3.8, 4) is 0 Å². The van der Waals surface area contributed by atoms with Crippen molar-refractivity contribution in [3.63, 3.8) is 0 Å². The number of aromatic amines is 1. The minimum absolute atomic E-state index is 0.0859. The first-order chi connectivity index (χ1) is 9.25. The maximum Gasteiger partial charge on any atom is 0.274 e. The monoisotopic (exact) mass is 262 g/mol. The number of hydrogen-bond acceptors (Lipinski definition) is 3. The van der Waals surface area contributed by atoms with Gasteiger partial charge in [0.15, 0.2) is 0 Å². The number of likely N-dealkylation sites (tertiary alicyclic amines) is 1. The Morgan fingerprint density at radius 2 is 2.26 bits per heavy atom.